The fraction of sp³-hybridized carbons (Fsp3) is 0.222. The van der Waals surface area contributed by atoms with E-state index in [1.54, 1.807) is 24.3 Å². The van der Waals surface area contributed by atoms with Crippen LogP contribution in [0.25, 0.3) is 0 Å². The summed E-state index contributed by atoms with van der Waals surface area (Å²) in [6.45, 7) is 0.470. The number of benzene rings is 2. The third kappa shape index (κ3) is 4.12. The van der Waals surface area contributed by atoms with Gasteiger partial charge in [-0.3, -0.25) is 9.59 Å². The molecule has 0 unspecified atom stereocenters. The van der Waals surface area contributed by atoms with Crippen LogP contribution >= 0.6 is 0 Å². The molecule has 0 spiro atoms. The van der Waals surface area contributed by atoms with Gasteiger partial charge in [-0.15, -0.1) is 0 Å². The third-order valence-corrected chi connectivity index (χ3v) is 4.00. The van der Waals surface area contributed by atoms with Gasteiger partial charge in [-0.1, -0.05) is 12.1 Å². The number of nitrogens with one attached hydrogen (secondary N) is 3. The van der Waals surface area contributed by atoms with E-state index >= 15 is 0 Å². The summed E-state index contributed by atoms with van der Waals surface area (Å²) in [5.41, 5.74) is 1.03. The van der Waals surface area contributed by atoms with E-state index in [4.69, 9.17) is 0 Å². The van der Waals surface area contributed by atoms with E-state index in [1.165, 1.54) is 6.07 Å². The van der Waals surface area contributed by atoms with E-state index in [2.05, 4.69) is 16.0 Å². The normalized spacial score (nSPS) is 16.9. The van der Waals surface area contributed by atoms with Crippen LogP contribution in [0.4, 0.5) is 25.8 Å². The molecule has 2 aromatic rings. The van der Waals surface area contributed by atoms with Crippen LogP contribution < -0.4 is 16.0 Å². The number of anilines is 3. The summed E-state index contributed by atoms with van der Waals surface area (Å²) in [4.78, 5) is 23.8. The lowest BCUT2D eigenvalue weighted by Gasteiger charge is -2.22. The number of hydrogen-bond acceptors (Lipinski definition) is 3. The molecule has 0 radical (unpaired) electrons. The second kappa shape index (κ2) is 7.29. The molecule has 25 heavy (non-hydrogen) atoms. The zero-order chi connectivity index (χ0) is 17.8. The Morgan fingerprint density at radius 1 is 1.08 bits per heavy atom. The van der Waals surface area contributed by atoms with Crippen molar-refractivity contribution in [3.05, 3.63) is 54.1 Å². The van der Waals surface area contributed by atoms with Crippen molar-refractivity contribution in [3.63, 3.8) is 0 Å². The van der Waals surface area contributed by atoms with Gasteiger partial charge in [-0.2, -0.15) is 0 Å². The second-order valence-corrected chi connectivity index (χ2v) is 5.82. The van der Waals surface area contributed by atoms with Gasteiger partial charge < -0.3 is 16.0 Å². The van der Waals surface area contributed by atoms with Crippen molar-refractivity contribution >= 4 is 28.9 Å². The van der Waals surface area contributed by atoms with Gasteiger partial charge in [0.15, 0.2) is 0 Å². The largest absolute Gasteiger partial charge is 0.356 e. The molecular weight excluding hydrogens is 328 g/mol. The maximum Gasteiger partial charge on any atom is 0.228 e. The zero-order valence-electron chi connectivity index (χ0n) is 13.3. The number of halogens is 2. The number of carbonyl (C=O) groups is 2. The maximum absolute atomic E-state index is 13.8. The second-order valence-electron chi connectivity index (χ2n) is 5.82. The van der Waals surface area contributed by atoms with E-state index in [1.807, 2.05) is 0 Å². The molecule has 1 aliphatic rings. The average molecular weight is 345 g/mol. The van der Waals surface area contributed by atoms with Gasteiger partial charge in [0.2, 0.25) is 11.8 Å². The molecule has 1 aliphatic heterocycles. The van der Waals surface area contributed by atoms with Crippen molar-refractivity contribution in [1.29, 1.82) is 0 Å². The lowest BCUT2D eigenvalue weighted by molar-refractivity contribution is -0.129. The molecule has 1 heterocycles. The lowest BCUT2D eigenvalue weighted by Crippen LogP contribution is -2.38. The first-order chi connectivity index (χ1) is 12.0. The summed E-state index contributed by atoms with van der Waals surface area (Å²) in [6, 6.07) is 10.0. The van der Waals surface area contributed by atoms with E-state index in [-0.39, 0.29) is 23.9 Å². The lowest BCUT2D eigenvalue weighted by atomic mass is 9.96. The summed E-state index contributed by atoms with van der Waals surface area (Å²) >= 11 is 0. The smallest absolute Gasteiger partial charge is 0.228 e. The molecule has 7 heteroatoms. The molecule has 0 bridgehead atoms. The van der Waals surface area contributed by atoms with Gasteiger partial charge in [0.05, 0.1) is 17.1 Å². The molecule has 1 saturated heterocycles. The van der Waals surface area contributed by atoms with Crippen molar-refractivity contribution in [3.8, 4) is 0 Å². The molecule has 0 aromatic heterocycles. The number of carbonyl (C=O) groups excluding carboxylic acids is 2. The monoisotopic (exact) mass is 345 g/mol. The summed E-state index contributed by atoms with van der Waals surface area (Å²) in [5, 5.41) is 8.31. The van der Waals surface area contributed by atoms with Crippen LogP contribution in [0.15, 0.2) is 42.5 Å². The summed E-state index contributed by atoms with van der Waals surface area (Å²) in [6.07, 6.45) is 0.716. The minimum Gasteiger partial charge on any atom is -0.356 e. The fourth-order valence-corrected chi connectivity index (χ4v) is 2.68. The van der Waals surface area contributed by atoms with Crippen LogP contribution in [0.3, 0.4) is 0 Å². The maximum atomic E-state index is 13.8. The summed E-state index contributed by atoms with van der Waals surface area (Å²) in [7, 11) is 0. The Morgan fingerprint density at radius 3 is 2.56 bits per heavy atom. The van der Waals surface area contributed by atoms with Crippen LogP contribution in [-0.4, -0.2) is 18.4 Å². The highest BCUT2D eigenvalue weighted by Crippen LogP contribution is 2.28. The minimum absolute atomic E-state index is 0.0974. The van der Waals surface area contributed by atoms with Crippen LogP contribution in [0, 0.1) is 17.6 Å². The number of para-hydroxylation sites is 2. The van der Waals surface area contributed by atoms with E-state index in [0.717, 1.165) is 12.1 Å². The number of hydrogen-bond donors (Lipinski definition) is 3. The topological polar surface area (TPSA) is 70.2 Å². The Hall–Kier alpha value is -2.96. The van der Waals surface area contributed by atoms with E-state index in [9.17, 15) is 18.4 Å². The van der Waals surface area contributed by atoms with Gasteiger partial charge in [0, 0.05) is 24.9 Å². The van der Waals surface area contributed by atoms with Crippen LogP contribution in [0.5, 0.6) is 0 Å². The predicted molar refractivity (Wildman–Crippen MR) is 90.4 cm³/mol. The van der Waals surface area contributed by atoms with Crippen molar-refractivity contribution in [2.24, 2.45) is 5.92 Å². The molecule has 5 nitrogen and oxygen atoms in total. The highest BCUT2D eigenvalue weighted by molar-refractivity contribution is 5.98. The van der Waals surface area contributed by atoms with Crippen LogP contribution in [-0.2, 0) is 9.59 Å². The van der Waals surface area contributed by atoms with Crippen molar-refractivity contribution in [2.75, 3.05) is 17.2 Å². The van der Waals surface area contributed by atoms with E-state index in [0.29, 0.717) is 24.3 Å². The molecular formula is C18H17F2N3O2. The van der Waals surface area contributed by atoms with Crippen LogP contribution in [0.1, 0.15) is 12.8 Å². The van der Waals surface area contributed by atoms with Gasteiger partial charge in [-0.25, -0.2) is 8.78 Å². The zero-order valence-corrected chi connectivity index (χ0v) is 13.3. The molecule has 1 fully saturated rings. The van der Waals surface area contributed by atoms with Gasteiger partial charge in [0.25, 0.3) is 0 Å². The summed E-state index contributed by atoms with van der Waals surface area (Å²) in [5.74, 6) is -2.20. The Bertz CT molecular complexity index is 811. The first-order valence-electron chi connectivity index (χ1n) is 7.91. The quantitative estimate of drug-likeness (QED) is 0.797. The molecule has 3 rings (SSSR count). The minimum atomic E-state index is -0.731. The Labute approximate surface area is 143 Å². The molecule has 2 aromatic carbocycles. The van der Waals surface area contributed by atoms with Gasteiger partial charge >= 0.3 is 0 Å². The standard InChI is InChI=1S/C18H17F2N3O2/c19-12-5-6-14(13(20)10-12)22-15-3-1-2-4-16(15)23-18(25)11-7-8-21-17(24)9-11/h1-6,10-11,22H,7-9H2,(H,21,24)(H,23,25)/t11-/m1/s1. The number of piperidine rings is 1. The molecule has 2 amide bonds. The molecule has 3 N–H and O–H groups in total. The Morgan fingerprint density at radius 2 is 1.84 bits per heavy atom. The Balaban J connectivity index is 1.76. The SMILES string of the molecule is O=C1C[C@H](C(=O)Nc2ccccc2Nc2ccc(F)cc2F)CCN1. The molecule has 0 aliphatic carbocycles. The predicted octanol–water partition coefficient (Wildman–Crippen LogP) is 3.17. The van der Waals surface area contributed by atoms with Crippen molar-refractivity contribution < 1.29 is 18.4 Å². The highest BCUT2D eigenvalue weighted by atomic mass is 19.1. The average Bonchev–Trinajstić information content (AvgIpc) is 2.59. The third-order valence-electron chi connectivity index (χ3n) is 4.00. The molecule has 1 atom stereocenters. The molecule has 130 valence electrons. The summed E-state index contributed by atoms with van der Waals surface area (Å²) < 4.78 is 26.8. The first-order valence-corrected chi connectivity index (χ1v) is 7.91. The highest BCUT2D eigenvalue weighted by Gasteiger charge is 2.26. The molecule has 0 saturated carbocycles. The Kier molecular flexibility index (Phi) is 4.92. The number of amides is 2. The first kappa shape index (κ1) is 16.9. The van der Waals surface area contributed by atoms with Gasteiger partial charge in [-0.05, 0) is 30.7 Å². The van der Waals surface area contributed by atoms with Crippen molar-refractivity contribution in [1.82, 2.24) is 5.32 Å². The fourth-order valence-electron chi connectivity index (χ4n) is 2.68. The van der Waals surface area contributed by atoms with E-state index < -0.39 is 17.6 Å². The van der Waals surface area contributed by atoms with Gasteiger partial charge in [0.1, 0.15) is 11.6 Å². The van der Waals surface area contributed by atoms with Crippen LogP contribution in [0.2, 0.25) is 0 Å². The van der Waals surface area contributed by atoms with Crippen molar-refractivity contribution in [2.45, 2.75) is 12.8 Å². The number of rotatable bonds is 4.